The van der Waals surface area contributed by atoms with Crippen molar-refractivity contribution < 1.29 is 19.0 Å². The Hall–Kier alpha value is -2.70. The van der Waals surface area contributed by atoms with Crippen molar-refractivity contribution in [3.05, 3.63) is 30.0 Å². The van der Waals surface area contributed by atoms with Gasteiger partial charge in [-0.25, -0.2) is 0 Å². The summed E-state index contributed by atoms with van der Waals surface area (Å²) in [6, 6.07) is 5.28. The highest BCUT2D eigenvalue weighted by Crippen LogP contribution is 2.34. The Morgan fingerprint density at radius 3 is 2.92 bits per heavy atom. The predicted molar refractivity (Wildman–Crippen MR) is 88.8 cm³/mol. The zero-order chi connectivity index (χ0) is 16.9. The molecule has 1 amide bonds. The van der Waals surface area contributed by atoms with Gasteiger partial charge in [0.25, 0.3) is 5.91 Å². The second-order valence-electron chi connectivity index (χ2n) is 5.48. The van der Waals surface area contributed by atoms with Crippen LogP contribution in [0.4, 0.5) is 5.69 Å². The van der Waals surface area contributed by atoms with E-state index < -0.39 is 0 Å². The number of amides is 1. The summed E-state index contributed by atoms with van der Waals surface area (Å²) in [7, 11) is 0. The molecule has 1 aromatic carbocycles. The molecule has 1 N–H and O–H groups in total. The zero-order valence-corrected chi connectivity index (χ0v) is 13.9. The first-order chi connectivity index (χ1) is 11.7. The largest absolute Gasteiger partial charge is 0.476 e. The highest BCUT2D eigenvalue weighted by molar-refractivity contribution is 6.05. The van der Waals surface area contributed by atoms with E-state index in [1.165, 1.54) is 0 Å². The number of nitrogens with zero attached hydrogens (tertiary/aromatic N) is 2. The molecule has 2 heterocycles. The first-order valence-corrected chi connectivity index (χ1v) is 8.12. The van der Waals surface area contributed by atoms with E-state index in [1.54, 1.807) is 29.1 Å². The molecule has 0 unspecified atom stereocenters. The second-order valence-corrected chi connectivity index (χ2v) is 5.48. The third-order valence-electron chi connectivity index (χ3n) is 3.50. The molecule has 0 fully saturated rings. The fourth-order valence-electron chi connectivity index (χ4n) is 2.38. The van der Waals surface area contributed by atoms with Gasteiger partial charge in [0, 0.05) is 24.5 Å². The van der Waals surface area contributed by atoms with Crippen molar-refractivity contribution in [2.75, 3.05) is 18.7 Å². The van der Waals surface area contributed by atoms with Crippen LogP contribution < -0.4 is 19.5 Å². The van der Waals surface area contributed by atoms with E-state index in [4.69, 9.17) is 14.2 Å². The first-order valence-electron chi connectivity index (χ1n) is 8.12. The van der Waals surface area contributed by atoms with Gasteiger partial charge in [0.05, 0.1) is 6.61 Å². The normalized spacial score (nSPS) is 12.2. The molecule has 0 spiro atoms. The Kier molecular flexibility index (Phi) is 4.88. The zero-order valence-electron chi connectivity index (χ0n) is 13.9. The topological polar surface area (TPSA) is 74.6 Å². The Morgan fingerprint density at radius 1 is 1.29 bits per heavy atom. The Balaban J connectivity index is 1.78. The van der Waals surface area contributed by atoms with Gasteiger partial charge in [-0.15, -0.1) is 5.10 Å². The van der Waals surface area contributed by atoms with Gasteiger partial charge in [0.15, 0.2) is 11.5 Å². The molecule has 2 aromatic rings. The number of aromatic nitrogens is 2. The minimum absolute atomic E-state index is 0.200. The summed E-state index contributed by atoms with van der Waals surface area (Å²) in [5.41, 5.74) is 1.06. The van der Waals surface area contributed by atoms with E-state index in [9.17, 15) is 4.79 Å². The van der Waals surface area contributed by atoms with Gasteiger partial charge in [-0.2, -0.15) is 0 Å². The van der Waals surface area contributed by atoms with Crippen molar-refractivity contribution in [2.45, 2.75) is 33.2 Å². The third-order valence-corrected chi connectivity index (χ3v) is 3.50. The molecule has 128 valence electrons. The molecule has 1 aliphatic rings. The molecule has 0 aliphatic carbocycles. The average Bonchev–Trinajstić information content (AvgIpc) is 3.19. The number of carbonyl (C=O) groups is 1. The van der Waals surface area contributed by atoms with Crippen LogP contribution in [0.1, 0.15) is 37.0 Å². The number of fused-ring (bicyclic) bond motifs is 1. The number of hydrogen-bond acceptors (Lipinski definition) is 5. The number of hydrogen-bond donors (Lipinski definition) is 1. The van der Waals surface area contributed by atoms with Crippen LogP contribution in [0.5, 0.6) is 17.4 Å². The summed E-state index contributed by atoms with van der Waals surface area (Å²) in [6.07, 6.45) is 3.50. The number of ether oxygens (including phenoxy) is 3. The predicted octanol–water partition coefficient (Wildman–Crippen LogP) is 3.06. The van der Waals surface area contributed by atoms with E-state index in [2.05, 4.69) is 17.3 Å². The number of rotatable bonds is 7. The molecule has 7 nitrogen and oxygen atoms in total. The molecular formula is C17H21N3O4. The van der Waals surface area contributed by atoms with Crippen molar-refractivity contribution in [3.63, 3.8) is 0 Å². The molecule has 7 heteroatoms. The van der Waals surface area contributed by atoms with Crippen LogP contribution in [0.2, 0.25) is 0 Å². The smallest absolute Gasteiger partial charge is 0.262 e. The number of aryl methyl sites for hydroxylation is 1. The molecule has 1 aromatic heterocycles. The highest BCUT2D eigenvalue weighted by Gasteiger charge is 2.19. The Labute approximate surface area is 140 Å². The molecule has 0 bridgehead atoms. The monoisotopic (exact) mass is 331 g/mol. The molecule has 3 rings (SSSR count). The molecule has 0 saturated heterocycles. The third kappa shape index (κ3) is 3.45. The van der Waals surface area contributed by atoms with Crippen molar-refractivity contribution in [1.29, 1.82) is 0 Å². The Bertz CT molecular complexity index is 727. The number of anilines is 1. The highest BCUT2D eigenvalue weighted by atomic mass is 16.7. The van der Waals surface area contributed by atoms with Gasteiger partial charge in [0.1, 0.15) is 5.56 Å². The first kappa shape index (κ1) is 16.2. The van der Waals surface area contributed by atoms with Crippen molar-refractivity contribution in [1.82, 2.24) is 9.78 Å². The van der Waals surface area contributed by atoms with Gasteiger partial charge in [-0.3, -0.25) is 9.48 Å². The van der Waals surface area contributed by atoms with Crippen LogP contribution in [0, 0.1) is 0 Å². The molecule has 24 heavy (non-hydrogen) atoms. The van der Waals surface area contributed by atoms with Gasteiger partial charge >= 0.3 is 0 Å². The van der Waals surface area contributed by atoms with Gasteiger partial charge in [-0.05, 0) is 25.0 Å². The summed E-state index contributed by atoms with van der Waals surface area (Å²) < 4.78 is 17.9. The van der Waals surface area contributed by atoms with Crippen LogP contribution in [0.25, 0.3) is 0 Å². The molecule has 0 atom stereocenters. The molecule has 0 radical (unpaired) electrons. The summed E-state index contributed by atoms with van der Waals surface area (Å²) in [5, 5.41) is 7.20. The minimum Gasteiger partial charge on any atom is -0.476 e. The summed E-state index contributed by atoms with van der Waals surface area (Å²) in [5.74, 6) is 1.40. The molecule has 0 saturated carbocycles. The van der Waals surface area contributed by atoms with Crippen molar-refractivity contribution in [2.24, 2.45) is 0 Å². The van der Waals surface area contributed by atoms with Crippen LogP contribution >= 0.6 is 0 Å². The van der Waals surface area contributed by atoms with Crippen molar-refractivity contribution in [3.8, 4) is 17.4 Å². The van der Waals surface area contributed by atoms with E-state index in [0.29, 0.717) is 35.2 Å². The second kappa shape index (κ2) is 7.25. The Morgan fingerprint density at radius 2 is 2.12 bits per heavy atom. The lowest BCUT2D eigenvalue weighted by Crippen LogP contribution is -2.13. The van der Waals surface area contributed by atoms with Gasteiger partial charge in [0.2, 0.25) is 12.7 Å². The fourth-order valence-corrected chi connectivity index (χ4v) is 2.38. The molecule has 1 aliphatic heterocycles. The fraction of sp³-hybridized carbons (Fsp3) is 0.412. The quantitative estimate of drug-likeness (QED) is 0.844. The van der Waals surface area contributed by atoms with E-state index in [-0.39, 0.29) is 12.7 Å². The van der Waals surface area contributed by atoms with E-state index in [0.717, 1.165) is 19.4 Å². The minimum atomic E-state index is -0.262. The summed E-state index contributed by atoms with van der Waals surface area (Å²) in [6.45, 7) is 5.52. The lowest BCUT2D eigenvalue weighted by Gasteiger charge is -2.06. The standard InChI is InChI=1S/C17H21N3O4/c1-3-7-20-10-13(17(19-20)22-8-4-2)16(21)18-12-5-6-14-15(9-12)24-11-23-14/h5-6,9-10H,3-4,7-8,11H2,1-2H3,(H,18,21). The maximum absolute atomic E-state index is 12.6. The number of benzene rings is 1. The lowest BCUT2D eigenvalue weighted by molar-refractivity contribution is 0.102. The van der Waals surface area contributed by atoms with Crippen LogP contribution in [-0.2, 0) is 6.54 Å². The van der Waals surface area contributed by atoms with Crippen LogP contribution in [0.3, 0.4) is 0 Å². The van der Waals surface area contributed by atoms with Gasteiger partial charge in [-0.1, -0.05) is 13.8 Å². The maximum atomic E-state index is 12.6. The lowest BCUT2D eigenvalue weighted by atomic mass is 10.2. The average molecular weight is 331 g/mol. The summed E-state index contributed by atoms with van der Waals surface area (Å²) >= 11 is 0. The molecular weight excluding hydrogens is 310 g/mol. The van der Waals surface area contributed by atoms with Crippen molar-refractivity contribution >= 4 is 11.6 Å². The number of nitrogens with one attached hydrogen (secondary N) is 1. The van der Waals surface area contributed by atoms with E-state index in [1.807, 2.05) is 6.92 Å². The van der Waals surface area contributed by atoms with Gasteiger partial charge < -0.3 is 19.5 Å². The summed E-state index contributed by atoms with van der Waals surface area (Å²) in [4.78, 5) is 12.6. The van der Waals surface area contributed by atoms with Crippen LogP contribution in [-0.4, -0.2) is 29.1 Å². The number of carbonyl (C=O) groups excluding carboxylic acids is 1. The maximum Gasteiger partial charge on any atom is 0.262 e. The van der Waals surface area contributed by atoms with Crippen LogP contribution in [0.15, 0.2) is 24.4 Å². The SMILES string of the molecule is CCCOc1nn(CCC)cc1C(=O)Nc1ccc2c(c1)OCO2. The van der Waals surface area contributed by atoms with E-state index >= 15 is 0 Å².